The van der Waals surface area contributed by atoms with Crippen molar-refractivity contribution in [1.29, 1.82) is 0 Å². The maximum absolute atomic E-state index is 6.68. The van der Waals surface area contributed by atoms with Crippen LogP contribution in [0.4, 0.5) is 0 Å². The Labute approximate surface area is 310 Å². The molecule has 0 saturated carbocycles. The summed E-state index contributed by atoms with van der Waals surface area (Å²) in [5.41, 5.74) is 10.5. The third kappa shape index (κ3) is 4.22. The molecule has 0 radical (unpaired) electrons. The first-order valence-corrected chi connectivity index (χ1v) is 18.5. The zero-order valence-corrected chi connectivity index (χ0v) is 29.1. The van der Waals surface area contributed by atoms with E-state index in [0.29, 0.717) is 0 Å². The molecule has 0 bridgehead atoms. The van der Waals surface area contributed by atoms with E-state index in [1.165, 1.54) is 65.3 Å². The number of furan rings is 2. The van der Waals surface area contributed by atoms with Gasteiger partial charge in [-0.25, -0.2) is 0 Å². The maximum Gasteiger partial charge on any atom is 0.178 e. The molecule has 0 N–H and O–H groups in total. The molecular formula is C52H30O2. The molecule has 0 saturated heterocycles. The first-order valence-electron chi connectivity index (χ1n) is 18.5. The van der Waals surface area contributed by atoms with E-state index in [0.717, 1.165) is 55.0 Å². The monoisotopic (exact) mass is 686 g/mol. The molecule has 0 atom stereocenters. The minimum atomic E-state index is 0.790. The van der Waals surface area contributed by atoms with Crippen molar-refractivity contribution in [1.82, 2.24) is 0 Å². The van der Waals surface area contributed by atoms with Gasteiger partial charge in [-0.05, 0) is 119 Å². The van der Waals surface area contributed by atoms with E-state index in [1.54, 1.807) is 0 Å². The predicted octanol–water partition coefficient (Wildman–Crippen LogP) is 15.1. The van der Waals surface area contributed by atoms with Crippen molar-refractivity contribution in [2.24, 2.45) is 0 Å². The summed E-state index contributed by atoms with van der Waals surface area (Å²) >= 11 is 0. The Hall–Kier alpha value is -7.16. The second-order valence-electron chi connectivity index (χ2n) is 14.4. The van der Waals surface area contributed by atoms with Gasteiger partial charge in [-0.1, -0.05) is 140 Å². The Kier molecular flexibility index (Phi) is 6.09. The Balaban J connectivity index is 1.03. The first-order chi connectivity index (χ1) is 26.8. The van der Waals surface area contributed by atoms with E-state index in [1.807, 2.05) is 0 Å². The lowest BCUT2D eigenvalue weighted by molar-refractivity contribution is 0.633. The molecule has 0 unspecified atom stereocenters. The summed E-state index contributed by atoms with van der Waals surface area (Å²) in [4.78, 5) is 0. The molecule has 10 aromatic carbocycles. The van der Waals surface area contributed by atoms with Gasteiger partial charge in [-0.2, -0.15) is 0 Å². The normalized spacial score (nSPS) is 12.1. The molecule has 0 fully saturated rings. The van der Waals surface area contributed by atoms with Gasteiger partial charge >= 0.3 is 0 Å². The molecule has 250 valence electrons. The second kappa shape index (κ2) is 11.2. The van der Waals surface area contributed by atoms with Crippen molar-refractivity contribution in [2.45, 2.75) is 0 Å². The molecule has 0 amide bonds. The fourth-order valence-corrected chi connectivity index (χ4v) is 8.96. The minimum absolute atomic E-state index is 0.790. The molecule has 2 nitrogen and oxygen atoms in total. The van der Waals surface area contributed by atoms with E-state index in [9.17, 15) is 0 Å². The lowest BCUT2D eigenvalue weighted by Crippen LogP contribution is -1.92. The van der Waals surface area contributed by atoms with Crippen molar-refractivity contribution in [3.63, 3.8) is 0 Å². The summed E-state index contributed by atoms with van der Waals surface area (Å²) in [6, 6.07) is 65.8. The maximum atomic E-state index is 6.68. The van der Waals surface area contributed by atoms with Crippen molar-refractivity contribution in [2.75, 3.05) is 0 Å². The van der Waals surface area contributed by atoms with Crippen LogP contribution in [-0.2, 0) is 0 Å². The molecule has 54 heavy (non-hydrogen) atoms. The molecule has 2 aromatic heterocycles. The van der Waals surface area contributed by atoms with Gasteiger partial charge in [0.2, 0.25) is 0 Å². The zero-order valence-electron chi connectivity index (χ0n) is 29.1. The zero-order chi connectivity index (χ0) is 35.3. The highest BCUT2D eigenvalue weighted by Gasteiger charge is 2.20. The van der Waals surface area contributed by atoms with E-state index < -0.39 is 0 Å². The number of benzene rings is 10. The molecular weight excluding hydrogens is 657 g/mol. The Morgan fingerprint density at radius 2 is 0.759 bits per heavy atom. The van der Waals surface area contributed by atoms with E-state index in [2.05, 4.69) is 182 Å². The Morgan fingerprint density at radius 1 is 0.259 bits per heavy atom. The van der Waals surface area contributed by atoms with Crippen LogP contribution < -0.4 is 0 Å². The number of fused-ring (bicyclic) bond motifs is 11. The molecule has 0 aliphatic heterocycles. The molecule has 2 heterocycles. The predicted molar refractivity (Wildman–Crippen MR) is 227 cm³/mol. The van der Waals surface area contributed by atoms with Gasteiger partial charge < -0.3 is 8.83 Å². The van der Waals surface area contributed by atoms with E-state index >= 15 is 0 Å². The third-order valence-corrected chi connectivity index (χ3v) is 11.4. The van der Waals surface area contributed by atoms with E-state index in [-0.39, 0.29) is 0 Å². The van der Waals surface area contributed by atoms with Crippen LogP contribution in [-0.4, -0.2) is 0 Å². The van der Waals surface area contributed by atoms with Crippen molar-refractivity contribution in [3.05, 3.63) is 182 Å². The van der Waals surface area contributed by atoms with Crippen LogP contribution in [0.15, 0.2) is 191 Å². The van der Waals surface area contributed by atoms with Crippen LogP contribution in [0, 0.1) is 0 Å². The van der Waals surface area contributed by atoms with Gasteiger partial charge in [0.25, 0.3) is 0 Å². The SMILES string of the molecule is c1cc(-c2ccc3c(c2)oc2c3ccc3c4cc5ccccc5cc4oc32)cc(-c2c3ccccc3c(-c3cccc4ccccc34)c3ccccc23)c1. The average molecular weight is 687 g/mol. The molecule has 0 spiro atoms. The van der Waals surface area contributed by atoms with Crippen LogP contribution in [0.25, 0.3) is 120 Å². The number of rotatable bonds is 3. The van der Waals surface area contributed by atoms with Gasteiger partial charge in [0, 0.05) is 21.5 Å². The molecule has 12 aromatic rings. The van der Waals surface area contributed by atoms with Crippen LogP contribution >= 0.6 is 0 Å². The molecule has 12 rings (SSSR count). The summed E-state index contributed by atoms with van der Waals surface area (Å²) in [6.45, 7) is 0. The van der Waals surface area contributed by atoms with Gasteiger partial charge in [-0.3, -0.25) is 0 Å². The van der Waals surface area contributed by atoms with E-state index in [4.69, 9.17) is 8.83 Å². The largest absolute Gasteiger partial charge is 0.452 e. The fourth-order valence-electron chi connectivity index (χ4n) is 8.96. The topological polar surface area (TPSA) is 26.3 Å². The summed E-state index contributed by atoms with van der Waals surface area (Å²) in [5, 5.41) is 14.2. The Morgan fingerprint density at radius 3 is 1.48 bits per heavy atom. The van der Waals surface area contributed by atoms with Gasteiger partial charge in [0.15, 0.2) is 11.2 Å². The highest BCUT2D eigenvalue weighted by atomic mass is 16.4. The quantitative estimate of drug-likeness (QED) is 0.173. The van der Waals surface area contributed by atoms with Crippen molar-refractivity contribution < 1.29 is 8.83 Å². The Bertz CT molecular complexity index is 3440. The summed E-state index contributed by atoms with van der Waals surface area (Å²) < 4.78 is 13.2. The second-order valence-corrected chi connectivity index (χ2v) is 14.4. The summed E-state index contributed by atoms with van der Waals surface area (Å²) in [6.07, 6.45) is 0. The highest BCUT2D eigenvalue weighted by Crippen LogP contribution is 2.46. The van der Waals surface area contributed by atoms with Crippen molar-refractivity contribution >= 4 is 87.0 Å². The lowest BCUT2D eigenvalue weighted by Gasteiger charge is -2.19. The highest BCUT2D eigenvalue weighted by molar-refractivity contribution is 6.24. The van der Waals surface area contributed by atoms with Crippen molar-refractivity contribution in [3.8, 4) is 33.4 Å². The van der Waals surface area contributed by atoms with Crippen LogP contribution in [0.5, 0.6) is 0 Å². The smallest absolute Gasteiger partial charge is 0.178 e. The standard InChI is InChI=1S/C52H30O2/c1-2-13-34-29-48-46(28-33(34)12-1)45-26-25-44-38-24-23-35(30-47(38)53-51(44)52(45)54-48)32-15-9-16-36(27-32)49-40-18-5-7-20-42(40)50(43-21-8-6-19-41(43)49)39-22-10-14-31-11-3-4-17-37(31)39/h1-30H. The van der Waals surface area contributed by atoms with Gasteiger partial charge in [0.1, 0.15) is 11.2 Å². The third-order valence-electron chi connectivity index (χ3n) is 11.4. The van der Waals surface area contributed by atoms with Gasteiger partial charge in [-0.15, -0.1) is 0 Å². The van der Waals surface area contributed by atoms with Gasteiger partial charge in [0.05, 0.1) is 0 Å². The van der Waals surface area contributed by atoms with Crippen LogP contribution in [0.1, 0.15) is 0 Å². The molecule has 2 heteroatoms. The lowest BCUT2D eigenvalue weighted by atomic mass is 9.84. The average Bonchev–Trinajstić information content (AvgIpc) is 3.79. The molecule has 0 aliphatic rings. The van der Waals surface area contributed by atoms with Crippen LogP contribution in [0.3, 0.4) is 0 Å². The number of hydrogen-bond donors (Lipinski definition) is 0. The van der Waals surface area contributed by atoms with Crippen LogP contribution in [0.2, 0.25) is 0 Å². The summed E-state index contributed by atoms with van der Waals surface area (Å²) in [7, 11) is 0. The first kappa shape index (κ1) is 29.4. The fraction of sp³-hybridized carbons (Fsp3) is 0. The minimum Gasteiger partial charge on any atom is -0.452 e. The molecule has 0 aliphatic carbocycles. The summed E-state index contributed by atoms with van der Waals surface area (Å²) in [5.74, 6) is 0. The number of hydrogen-bond acceptors (Lipinski definition) is 2.